The summed E-state index contributed by atoms with van der Waals surface area (Å²) >= 11 is 0. The van der Waals surface area contributed by atoms with Crippen LogP contribution in [0.3, 0.4) is 0 Å². The molecule has 0 aliphatic heterocycles. The lowest BCUT2D eigenvalue weighted by atomic mass is 10.1. The molecule has 0 unspecified atom stereocenters. The van der Waals surface area contributed by atoms with Crippen LogP contribution in [-0.2, 0) is 24.7 Å². The second-order valence-corrected chi connectivity index (χ2v) is 32.1. The van der Waals surface area contributed by atoms with Gasteiger partial charge in [0.1, 0.15) is 0 Å². The van der Waals surface area contributed by atoms with Gasteiger partial charge in [-0.2, -0.15) is 0 Å². The van der Waals surface area contributed by atoms with E-state index in [-0.39, 0.29) is 6.42 Å². The molecule has 0 fully saturated rings. The Labute approximate surface area is 455 Å². The van der Waals surface area contributed by atoms with Crippen molar-refractivity contribution in [2.75, 3.05) is 0 Å². The highest BCUT2D eigenvalue weighted by Gasteiger charge is 2.38. The summed E-state index contributed by atoms with van der Waals surface area (Å²) in [5.74, 6) is 0. The van der Waals surface area contributed by atoms with E-state index < -0.39 is 28.6 Å². The average Bonchev–Trinajstić information content (AvgIpc) is 3.43. The molecular formula is C69H64O4P4. The monoisotopic (exact) mass is 1080 g/mol. The van der Waals surface area contributed by atoms with Gasteiger partial charge < -0.3 is 18.3 Å². The van der Waals surface area contributed by atoms with Gasteiger partial charge in [-0.25, -0.2) is 0 Å². The molecule has 0 aromatic heterocycles. The maximum absolute atomic E-state index is 16.8. The SMILES string of the molecule is Cc1ccc(P(=O)(c2ccc(C)cc2)c2cc(Cc3cc(P(=O)(c4ccc(C)cc4)c4ccc(C)cc4)cc(P(=O)(c4ccc(C)cc4)c4ccc(C)cc4)c3)cc(P(=O)(c3ccc(C)cc3)c3ccc(C)cc3)c2)cc1. The summed E-state index contributed by atoms with van der Waals surface area (Å²) in [6, 6.07) is 75.2. The molecule has 4 nitrogen and oxygen atoms in total. The summed E-state index contributed by atoms with van der Waals surface area (Å²) in [6.45, 7) is 16.2. The summed E-state index contributed by atoms with van der Waals surface area (Å²) in [4.78, 5) is 0. The van der Waals surface area contributed by atoms with Crippen LogP contribution in [0.5, 0.6) is 0 Å². The Balaban J connectivity index is 1.30. The quantitative estimate of drug-likeness (QED) is 0.102. The van der Waals surface area contributed by atoms with E-state index in [0.717, 1.165) is 55.6 Å². The van der Waals surface area contributed by atoms with E-state index in [1.807, 2.05) is 286 Å². The van der Waals surface area contributed by atoms with Crippen molar-refractivity contribution >= 4 is 92.2 Å². The first kappa shape index (κ1) is 53.5. The summed E-state index contributed by atoms with van der Waals surface area (Å²) < 4.78 is 67.3. The van der Waals surface area contributed by atoms with Gasteiger partial charge in [0.2, 0.25) is 0 Å². The molecule has 0 bridgehead atoms. The minimum absolute atomic E-state index is 0.231. The molecule has 0 heterocycles. The summed E-state index contributed by atoms with van der Waals surface area (Å²) in [7, 11) is -14.8. The third kappa shape index (κ3) is 10.4. The topological polar surface area (TPSA) is 68.3 Å². The molecule has 0 spiro atoms. The highest BCUT2D eigenvalue weighted by Crippen LogP contribution is 2.49. The predicted octanol–water partition coefficient (Wildman–Crippen LogP) is 12.3. The van der Waals surface area contributed by atoms with Crippen LogP contribution in [0, 0.1) is 55.4 Å². The zero-order valence-electron chi connectivity index (χ0n) is 45.1. The summed E-state index contributed by atoms with van der Waals surface area (Å²) in [5.41, 5.74) is 9.83. The third-order valence-corrected chi connectivity index (χ3v) is 27.1. The van der Waals surface area contributed by atoms with Crippen LogP contribution in [0.4, 0.5) is 0 Å². The number of hydrogen-bond acceptors (Lipinski definition) is 4. The molecule has 0 saturated heterocycles. The van der Waals surface area contributed by atoms with Crippen LogP contribution in [0.2, 0.25) is 0 Å². The lowest BCUT2D eigenvalue weighted by Gasteiger charge is -2.27. The van der Waals surface area contributed by atoms with Gasteiger partial charge in [-0.15, -0.1) is 0 Å². The Kier molecular flexibility index (Phi) is 14.9. The molecule has 0 aliphatic rings. The highest BCUT2D eigenvalue weighted by atomic mass is 31.2. The van der Waals surface area contributed by atoms with E-state index in [2.05, 4.69) is 0 Å². The standard InChI is InChI=1S/C69H64O4P4/c1-48-9-25-58(26-10-48)74(70,59-27-11-49(2)12-28-59)66-42-56(43-67(46-66)75(71,60-29-13-50(3)14-30-60)61-31-15-51(4)16-32-61)41-57-44-68(76(72,62-33-17-52(5)18-34-62)63-35-19-53(6)20-36-63)47-69(45-57)77(73,64-37-21-54(7)22-38-64)65-39-23-55(8)24-40-65/h9-40,42-47H,41H2,1-8H3. The van der Waals surface area contributed by atoms with Gasteiger partial charge in [-0.1, -0.05) is 239 Å². The molecule has 77 heavy (non-hydrogen) atoms. The molecule has 0 N–H and O–H groups in total. The average molecular weight is 1080 g/mol. The molecule has 0 atom stereocenters. The number of hydrogen-bond donors (Lipinski definition) is 0. The molecule has 384 valence electrons. The molecular weight excluding hydrogens is 1020 g/mol. The van der Waals surface area contributed by atoms with Crippen molar-refractivity contribution in [1.29, 1.82) is 0 Å². The maximum Gasteiger partial charge on any atom is 0.171 e. The first-order valence-corrected chi connectivity index (χ1v) is 33.0. The first-order valence-electron chi connectivity index (χ1n) is 26.2. The molecule has 0 amide bonds. The first-order chi connectivity index (χ1) is 36.9. The lowest BCUT2D eigenvalue weighted by molar-refractivity contribution is 0.591. The van der Waals surface area contributed by atoms with E-state index in [1.54, 1.807) is 0 Å². The highest BCUT2D eigenvalue weighted by molar-refractivity contribution is 7.87. The molecule has 10 aromatic carbocycles. The van der Waals surface area contributed by atoms with Gasteiger partial charge >= 0.3 is 0 Å². The maximum atomic E-state index is 16.8. The minimum atomic E-state index is -3.70. The third-order valence-electron chi connectivity index (χ3n) is 15.0. The predicted molar refractivity (Wildman–Crippen MR) is 331 cm³/mol. The van der Waals surface area contributed by atoms with Crippen molar-refractivity contribution < 1.29 is 18.3 Å². The molecule has 0 aliphatic carbocycles. The Morgan fingerprint density at radius 3 is 0.455 bits per heavy atom. The molecule has 0 radical (unpaired) electrons. The zero-order valence-corrected chi connectivity index (χ0v) is 48.6. The van der Waals surface area contributed by atoms with Crippen molar-refractivity contribution in [3.05, 3.63) is 286 Å². The van der Waals surface area contributed by atoms with E-state index in [1.165, 1.54) is 0 Å². The lowest BCUT2D eigenvalue weighted by Crippen LogP contribution is -2.32. The smallest absolute Gasteiger partial charge is 0.171 e. The Hall–Kier alpha value is -6.88. The number of benzene rings is 10. The Bertz CT molecular complexity index is 3260. The van der Waals surface area contributed by atoms with Crippen LogP contribution < -0.4 is 63.7 Å². The Morgan fingerprint density at radius 1 is 0.195 bits per heavy atom. The fourth-order valence-corrected chi connectivity index (χ4v) is 21.3. The van der Waals surface area contributed by atoms with E-state index >= 15 is 18.3 Å². The van der Waals surface area contributed by atoms with Crippen molar-refractivity contribution in [2.45, 2.75) is 61.8 Å². The van der Waals surface area contributed by atoms with Crippen LogP contribution in [0.1, 0.15) is 55.6 Å². The number of aryl methyl sites for hydroxylation is 8. The van der Waals surface area contributed by atoms with Gasteiger partial charge in [-0.3, -0.25) is 0 Å². The van der Waals surface area contributed by atoms with Gasteiger partial charge in [0.05, 0.1) is 0 Å². The summed E-state index contributed by atoms with van der Waals surface area (Å²) in [6.07, 6.45) is 0.231. The van der Waals surface area contributed by atoms with E-state index in [0.29, 0.717) is 63.7 Å². The van der Waals surface area contributed by atoms with Crippen LogP contribution in [0.25, 0.3) is 0 Å². The fraction of sp³-hybridized carbons (Fsp3) is 0.130. The van der Waals surface area contributed by atoms with Crippen molar-refractivity contribution in [2.24, 2.45) is 0 Å². The second-order valence-electron chi connectivity index (χ2n) is 21.0. The van der Waals surface area contributed by atoms with Crippen molar-refractivity contribution in [1.82, 2.24) is 0 Å². The van der Waals surface area contributed by atoms with Crippen LogP contribution in [-0.4, -0.2) is 0 Å². The van der Waals surface area contributed by atoms with Crippen LogP contribution in [0.15, 0.2) is 231 Å². The Morgan fingerprint density at radius 2 is 0.325 bits per heavy atom. The van der Waals surface area contributed by atoms with Gasteiger partial charge in [-0.05, 0) is 109 Å². The molecule has 8 heteroatoms. The van der Waals surface area contributed by atoms with Crippen molar-refractivity contribution in [3.8, 4) is 0 Å². The van der Waals surface area contributed by atoms with E-state index in [4.69, 9.17) is 0 Å². The second kappa shape index (κ2) is 21.5. The van der Waals surface area contributed by atoms with Gasteiger partial charge in [0, 0.05) is 63.7 Å². The largest absolute Gasteiger partial charge is 0.309 e. The van der Waals surface area contributed by atoms with E-state index in [9.17, 15) is 0 Å². The van der Waals surface area contributed by atoms with Gasteiger partial charge in [0.15, 0.2) is 28.6 Å². The molecule has 10 aromatic rings. The van der Waals surface area contributed by atoms with Gasteiger partial charge in [0.25, 0.3) is 0 Å². The molecule has 10 rings (SSSR count). The molecule has 0 saturated carbocycles. The fourth-order valence-electron chi connectivity index (χ4n) is 10.3. The van der Waals surface area contributed by atoms with Crippen LogP contribution >= 0.6 is 28.6 Å². The van der Waals surface area contributed by atoms with Crippen molar-refractivity contribution in [3.63, 3.8) is 0 Å². The normalized spacial score (nSPS) is 12.2. The zero-order chi connectivity index (χ0) is 54.3. The minimum Gasteiger partial charge on any atom is -0.309 e. The summed E-state index contributed by atoms with van der Waals surface area (Å²) in [5, 5.41) is 7.47. The number of rotatable bonds is 14.